The highest BCUT2D eigenvalue weighted by Gasteiger charge is 2.06. The topological polar surface area (TPSA) is 38.5 Å². The molecule has 0 atom stereocenters. The molecule has 0 aliphatic carbocycles. The number of anilines is 2. The molecule has 0 amide bonds. The lowest BCUT2D eigenvalue weighted by molar-refractivity contribution is 0.0846. The largest absolute Gasteiger partial charge is 0.399 e. The third-order valence-corrected chi connectivity index (χ3v) is 2.56. The van der Waals surface area contributed by atoms with E-state index in [4.69, 9.17) is 22.1 Å². The fraction of sp³-hybridized carbons (Fsp3) is 0.500. The van der Waals surface area contributed by atoms with Gasteiger partial charge in [0.25, 0.3) is 0 Å². The highest BCUT2D eigenvalue weighted by molar-refractivity contribution is 6.33. The minimum absolute atomic E-state index is 0.260. The van der Waals surface area contributed by atoms with Crippen LogP contribution in [0.5, 0.6) is 0 Å². The Hall–Kier alpha value is -0.930. The van der Waals surface area contributed by atoms with Crippen LogP contribution >= 0.6 is 11.6 Å². The monoisotopic (exact) mass is 242 g/mol. The molecule has 3 nitrogen and oxygen atoms in total. The van der Waals surface area contributed by atoms with Crippen molar-refractivity contribution in [3.05, 3.63) is 23.2 Å². The van der Waals surface area contributed by atoms with Crippen LogP contribution in [-0.4, -0.2) is 26.3 Å². The summed E-state index contributed by atoms with van der Waals surface area (Å²) >= 11 is 6.10. The summed E-state index contributed by atoms with van der Waals surface area (Å²) in [5.74, 6) is 0. The van der Waals surface area contributed by atoms with Crippen molar-refractivity contribution in [1.29, 1.82) is 0 Å². The number of nitrogens with two attached hydrogens (primary N) is 1. The first-order chi connectivity index (χ1) is 7.50. The molecule has 0 saturated carbocycles. The second kappa shape index (κ2) is 5.97. The highest BCUT2D eigenvalue weighted by Crippen LogP contribution is 2.26. The molecule has 90 valence electrons. The summed E-state index contributed by atoms with van der Waals surface area (Å²) in [7, 11) is 1.99. The smallest absolute Gasteiger partial charge is 0.0659 e. The minimum atomic E-state index is 0.260. The van der Waals surface area contributed by atoms with Crippen molar-refractivity contribution in [2.45, 2.75) is 20.0 Å². The summed E-state index contributed by atoms with van der Waals surface area (Å²) in [6, 6.07) is 5.53. The van der Waals surface area contributed by atoms with Gasteiger partial charge in [0, 0.05) is 19.3 Å². The lowest BCUT2D eigenvalue weighted by atomic mass is 10.2. The number of ether oxygens (including phenoxy) is 1. The summed E-state index contributed by atoms with van der Waals surface area (Å²) in [5.41, 5.74) is 7.30. The summed E-state index contributed by atoms with van der Waals surface area (Å²) in [5, 5.41) is 0.673. The van der Waals surface area contributed by atoms with Crippen LogP contribution in [0.3, 0.4) is 0 Å². The predicted octanol–water partition coefficient (Wildman–Crippen LogP) is 2.78. The summed E-state index contributed by atoms with van der Waals surface area (Å²) in [6.45, 7) is 5.54. The molecule has 0 spiro atoms. The van der Waals surface area contributed by atoms with Crippen LogP contribution in [0.4, 0.5) is 11.4 Å². The molecule has 2 N–H and O–H groups in total. The predicted molar refractivity (Wildman–Crippen MR) is 70.2 cm³/mol. The average molecular weight is 243 g/mol. The van der Waals surface area contributed by atoms with Crippen LogP contribution in [-0.2, 0) is 4.74 Å². The van der Waals surface area contributed by atoms with Crippen molar-refractivity contribution in [1.82, 2.24) is 0 Å². The van der Waals surface area contributed by atoms with Gasteiger partial charge in [0.05, 0.1) is 23.4 Å². The first-order valence-electron chi connectivity index (χ1n) is 5.38. The SMILES string of the molecule is CC(C)OCCN(C)c1ccc(N)cc1Cl. The van der Waals surface area contributed by atoms with Gasteiger partial charge in [0.15, 0.2) is 0 Å². The average Bonchev–Trinajstić information content (AvgIpc) is 2.16. The van der Waals surface area contributed by atoms with Crippen molar-refractivity contribution in [2.75, 3.05) is 30.8 Å². The Balaban J connectivity index is 2.55. The summed E-state index contributed by atoms with van der Waals surface area (Å²) in [6.07, 6.45) is 0.260. The van der Waals surface area contributed by atoms with Crippen molar-refractivity contribution >= 4 is 23.0 Å². The van der Waals surface area contributed by atoms with Crippen LogP contribution in [0.25, 0.3) is 0 Å². The molecule has 16 heavy (non-hydrogen) atoms. The number of rotatable bonds is 5. The number of hydrogen-bond donors (Lipinski definition) is 1. The number of nitrogen functional groups attached to an aromatic ring is 1. The third kappa shape index (κ3) is 3.91. The van der Waals surface area contributed by atoms with Gasteiger partial charge in [-0.15, -0.1) is 0 Å². The number of halogens is 1. The Labute approximate surface area is 102 Å². The zero-order valence-electron chi connectivity index (χ0n) is 10.0. The van der Waals surface area contributed by atoms with Gasteiger partial charge in [0.2, 0.25) is 0 Å². The quantitative estimate of drug-likeness (QED) is 0.807. The van der Waals surface area contributed by atoms with Crippen molar-refractivity contribution in [3.63, 3.8) is 0 Å². The van der Waals surface area contributed by atoms with E-state index in [0.717, 1.165) is 12.2 Å². The van der Waals surface area contributed by atoms with E-state index in [-0.39, 0.29) is 6.10 Å². The van der Waals surface area contributed by atoms with Crippen LogP contribution in [0.2, 0.25) is 5.02 Å². The summed E-state index contributed by atoms with van der Waals surface area (Å²) in [4.78, 5) is 2.06. The number of likely N-dealkylation sites (N-methyl/N-ethyl adjacent to an activating group) is 1. The maximum absolute atomic E-state index is 6.10. The second-order valence-electron chi connectivity index (χ2n) is 4.05. The number of nitrogens with zero attached hydrogens (tertiary/aromatic N) is 1. The molecule has 0 saturated heterocycles. The zero-order valence-corrected chi connectivity index (χ0v) is 10.8. The Morgan fingerprint density at radius 2 is 2.12 bits per heavy atom. The molecule has 0 aromatic heterocycles. The van der Waals surface area contributed by atoms with E-state index in [1.165, 1.54) is 0 Å². The van der Waals surface area contributed by atoms with E-state index in [0.29, 0.717) is 17.3 Å². The maximum atomic E-state index is 6.10. The Morgan fingerprint density at radius 3 is 2.69 bits per heavy atom. The molecule has 0 aliphatic heterocycles. The van der Waals surface area contributed by atoms with Gasteiger partial charge in [-0.3, -0.25) is 0 Å². The first kappa shape index (κ1) is 13.1. The van der Waals surface area contributed by atoms with Gasteiger partial charge in [-0.2, -0.15) is 0 Å². The maximum Gasteiger partial charge on any atom is 0.0659 e. The lowest BCUT2D eigenvalue weighted by Gasteiger charge is -2.21. The molecule has 0 radical (unpaired) electrons. The fourth-order valence-electron chi connectivity index (χ4n) is 1.38. The van der Waals surface area contributed by atoms with Crippen LogP contribution in [0.15, 0.2) is 18.2 Å². The van der Waals surface area contributed by atoms with E-state index < -0.39 is 0 Å². The van der Waals surface area contributed by atoms with Gasteiger partial charge < -0.3 is 15.4 Å². The molecule has 1 rings (SSSR count). The Bertz CT molecular complexity index is 342. The van der Waals surface area contributed by atoms with Crippen LogP contribution in [0, 0.1) is 0 Å². The standard InChI is InChI=1S/C12H19ClN2O/c1-9(2)16-7-6-15(3)12-5-4-10(14)8-11(12)13/h4-5,8-9H,6-7,14H2,1-3H3. The van der Waals surface area contributed by atoms with Crippen molar-refractivity contribution in [3.8, 4) is 0 Å². The molecule has 0 fully saturated rings. The van der Waals surface area contributed by atoms with Gasteiger partial charge in [-0.25, -0.2) is 0 Å². The molecular formula is C12H19ClN2O. The molecule has 0 unspecified atom stereocenters. The van der Waals surface area contributed by atoms with E-state index in [1.54, 1.807) is 6.07 Å². The molecule has 4 heteroatoms. The molecule has 1 aromatic rings. The fourth-order valence-corrected chi connectivity index (χ4v) is 1.71. The van der Waals surface area contributed by atoms with Gasteiger partial charge in [0.1, 0.15) is 0 Å². The highest BCUT2D eigenvalue weighted by atomic mass is 35.5. The minimum Gasteiger partial charge on any atom is -0.399 e. The van der Waals surface area contributed by atoms with E-state index in [2.05, 4.69) is 4.90 Å². The first-order valence-corrected chi connectivity index (χ1v) is 5.76. The Morgan fingerprint density at radius 1 is 1.44 bits per heavy atom. The van der Waals surface area contributed by atoms with Crippen molar-refractivity contribution in [2.24, 2.45) is 0 Å². The summed E-state index contributed by atoms with van der Waals surface area (Å²) < 4.78 is 5.49. The second-order valence-corrected chi connectivity index (χ2v) is 4.46. The number of benzene rings is 1. The molecule has 0 heterocycles. The molecule has 0 aliphatic rings. The Kier molecular flexibility index (Phi) is 4.90. The van der Waals surface area contributed by atoms with Gasteiger partial charge in [-0.05, 0) is 32.0 Å². The van der Waals surface area contributed by atoms with E-state index in [1.807, 2.05) is 33.0 Å². The third-order valence-electron chi connectivity index (χ3n) is 2.26. The molecule has 1 aromatic carbocycles. The molecule has 0 bridgehead atoms. The van der Waals surface area contributed by atoms with E-state index in [9.17, 15) is 0 Å². The van der Waals surface area contributed by atoms with Gasteiger partial charge >= 0.3 is 0 Å². The van der Waals surface area contributed by atoms with E-state index >= 15 is 0 Å². The lowest BCUT2D eigenvalue weighted by Crippen LogP contribution is -2.24. The van der Waals surface area contributed by atoms with Crippen LogP contribution in [0.1, 0.15) is 13.8 Å². The zero-order chi connectivity index (χ0) is 12.1. The normalized spacial score (nSPS) is 10.8. The van der Waals surface area contributed by atoms with Crippen molar-refractivity contribution < 1.29 is 4.74 Å². The van der Waals surface area contributed by atoms with Crippen LogP contribution < -0.4 is 10.6 Å². The molecular weight excluding hydrogens is 224 g/mol. The van der Waals surface area contributed by atoms with Gasteiger partial charge in [-0.1, -0.05) is 11.6 Å². The number of hydrogen-bond acceptors (Lipinski definition) is 3.